The molecule has 13 heavy (non-hydrogen) atoms. The SMILES string of the molecule is C[S+](C)c1ccccc1OC(=O)[O-]. The molecule has 0 saturated carbocycles. The zero-order chi connectivity index (χ0) is 9.84. The van der Waals surface area contributed by atoms with Crippen LogP contribution in [0.5, 0.6) is 5.75 Å². The van der Waals surface area contributed by atoms with Gasteiger partial charge in [-0.15, -0.1) is 0 Å². The maximum atomic E-state index is 10.2. The predicted octanol–water partition coefficient (Wildman–Crippen LogP) is 0.645. The van der Waals surface area contributed by atoms with E-state index in [4.69, 9.17) is 0 Å². The number of hydrogen-bond donors (Lipinski definition) is 0. The summed E-state index contributed by atoms with van der Waals surface area (Å²) in [6.45, 7) is 0. The van der Waals surface area contributed by atoms with Gasteiger partial charge >= 0.3 is 0 Å². The molecule has 0 spiro atoms. The van der Waals surface area contributed by atoms with Gasteiger partial charge in [-0.05, 0) is 12.1 Å². The van der Waals surface area contributed by atoms with E-state index in [1.165, 1.54) is 0 Å². The first-order chi connectivity index (χ1) is 6.11. The minimum Gasteiger partial charge on any atom is -0.509 e. The van der Waals surface area contributed by atoms with Crippen LogP contribution in [-0.4, -0.2) is 18.7 Å². The highest BCUT2D eigenvalue weighted by Crippen LogP contribution is 2.22. The van der Waals surface area contributed by atoms with Gasteiger partial charge in [0.25, 0.3) is 6.16 Å². The number of ether oxygens (including phenoxy) is 1. The number of benzene rings is 1. The molecule has 0 bridgehead atoms. The van der Waals surface area contributed by atoms with Crippen LogP contribution in [0.1, 0.15) is 0 Å². The molecule has 1 rings (SSSR count). The smallest absolute Gasteiger partial charge is 0.257 e. The molecule has 1 aromatic carbocycles. The lowest BCUT2D eigenvalue weighted by Crippen LogP contribution is -2.27. The van der Waals surface area contributed by atoms with Crippen molar-refractivity contribution < 1.29 is 14.6 Å². The Kier molecular flexibility index (Phi) is 3.19. The van der Waals surface area contributed by atoms with Gasteiger partial charge in [0.1, 0.15) is 18.3 Å². The molecular formula is C9H10O3S. The van der Waals surface area contributed by atoms with Crippen molar-refractivity contribution in [2.75, 3.05) is 12.5 Å². The van der Waals surface area contributed by atoms with Crippen LogP contribution in [0.15, 0.2) is 29.2 Å². The predicted molar refractivity (Wildman–Crippen MR) is 49.9 cm³/mol. The second kappa shape index (κ2) is 4.18. The summed E-state index contributed by atoms with van der Waals surface area (Å²) in [5.41, 5.74) is 0. The van der Waals surface area contributed by atoms with Crippen LogP contribution in [0.25, 0.3) is 0 Å². The normalized spacial score (nSPS) is 10.1. The van der Waals surface area contributed by atoms with Crippen molar-refractivity contribution in [3.8, 4) is 5.75 Å². The molecule has 0 heterocycles. The molecule has 0 aliphatic rings. The van der Waals surface area contributed by atoms with Crippen molar-refractivity contribution in [3.63, 3.8) is 0 Å². The van der Waals surface area contributed by atoms with Gasteiger partial charge in [-0.2, -0.15) is 0 Å². The van der Waals surface area contributed by atoms with Crippen molar-refractivity contribution in [2.24, 2.45) is 0 Å². The maximum absolute atomic E-state index is 10.2. The average molecular weight is 198 g/mol. The van der Waals surface area contributed by atoms with Crippen molar-refractivity contribution in [1.29, 1.82) is 0 Å². The van der Waals surface area contributed by atoms with Crippen LogP contribution in [-0.2, 0) is 10.9 Å². The van der Waals surface area contributed by atoms with Crippen LogP contribution in [0.3, 0.4) is 0 Å². The quantitative estimate of drug-likeness (QED) is 0.398. The van der Waals surface area contributed by atoms with Gasteiger partial charge in [0.2, 0.25) is 0 Å². The molecule has 3 nitrogen and oxygen atoms in total. The fourth-order valence-corrected chi connectivity index (χ4v) is 1.82. The van der Waals surface area contributed by atoms with Crippen LogP contribution >= 0.6 is 0 Å². The van der Waals surface area contributed by atoms with Crippen molar-refractivity contribution >= 4 is 17.1 Å². The monoisotopic (exact) mass is 198 g/mol. The number of hydrogen-bond acceptors (Lipinski definition) is 3. The number of carbonyl (C=O) groups excluding carboxylic acids is 1. The molecule has 0 atom stereocenters. The zero-order valence-electron chi connectivity index (χ0n) is 7.44. The van der Waals surface area contributed by atoms with E-state index >= 15 is 0 Å². The lowest BCUT2D eigenvalue weighted by molar-refractivity contribution is -0.271. The van der Waals surface area contributed by atoms with Gasteiger partial charge in [-0.3, -0.25) is 0 Å². The third kappa shape index (κ3) is 2.66. The van der Waals surface area contributed by atoms with E-state index in [1.54, 1.807) is 12.1 Å². The Bertz CT molecular complexity index is 309. The van der Waals surface area contributed by atoms with Crippen molar-refractivity contribution in [3.05, 3.63) is 24.3 Å². The van der Waals surface area contributed by atoms with Crippen LogP contribution < -0.4 is 9.84 Å². The Morgan fingerprint density at radius 2 is 2.00 bits per heavy atom. The molecule has 0 N–H and O–H groups in total. The third-order valence-electron chi connectivity index (χ3n) is 1.48. The summed E-state index contributed by atoms with van der Waals surface area (Å²) in [4.78, 5) is 11.1. The molecule has 0 aromatic heterocycles. The van der Waals surface area contributed by atoms with Gasteiger partial charge in [0.05, 0.1) is 0 Å². The molecule has 1 aromatic rings. The lowest BCUT2D eigenvalue weighted by atomic mass is 10.3. The highest BCUT2D eigenvalue weighted by molar-refractivity contribution is 7.95. The Balaban J connectivity index is 2.97. The molecule has 4 heteroatoms. The van der Waals surface area contributed by atoms with Gasteiger partial charge in [0, 0.05) is 10.9 Å². The number of rotatable bonds is 2. The molecule has 70 valence electrons. The summed E-state index contributed by atoms with van der Waals surface area (Å²) in [5.74, 6) is 0.371. The van der Waals surface area contributed by atoms with Crippen molar-refractivity contribution in [1.82, 2.24) is 0 Å². The van der Waals surface area contributed by atoms with E-state index in [1.807, 2.05) is 24.6 Å². The highest BCUT2D eigenvalue weighted by atomic mass is 32.2. The summed E-state index contributed by atoms with van der Waals surface area (Å²) < 4.78 is 4.52. The Morgan fingerprint density at radius 1 is 1.38 bits per heavy atom. The second-order valence-electron chi connectivity index (χ2n) is 2.62. The van der Waals surface area contributed by atoms with Gasteiger partial charge in [0.15, 0.2) is 4.90 Å². The first-order valence-corrected chi connectivity index (χ1v) is 5.71. The van der Waals surface area contributed by atoms with E-state index in [9.17, 15) is 9.90 Å². The topological polar surface area (TPSA) is 49.4 Å². The number of para-hydroxylation sites is 1. The third-order valence-corrected chi connectivity index (χ3v) is 2.70. The first-order valence-electron chi connectivity index (χ1n) is 3.66. The lowest BCUT2D eigenvalue weighted by Gasteiger charge is -2.10. The van der Waals surface area contributed by atoms with E-state index in [-0.39, 0.29) is 10.9 Å². The number of carbonyl (C=O) groups is 1. The fraction of sp³-hybridized carbons (Fsp3) is 0.222. The summed E-state index contributed by atoms with van der Waals surface area (Å²) >= 11 is 0. The van der Waals surface area contributed by atoms with Gasteiger partial charge < -0.3 is 14.6 Å². The van der Waals surface area contributed by atoms with Gasteiger partial charge in [-0.1, -0.05) is 12.1 Å². The van der Waals surface area contributed by atoms with E-state index in [0.717, 1.165) is 4.90 Å². The van der Waals surface area contributed by atoms with Gasteiger partial charge in [-0.25, -0.2) is 0 Å². The molecule has 0 fully saturated rings. The Labute approximate surface area is 79.7 Å². The summed E-state index contributed by atoms with van der Waals surface area (Å²) in [7, 11) is -0.0230. The van der Waals surface area contributed by atoms with Crippen molar-refractivity contribution in [2.45, 2.75) is 4.90 Å². The number of carboxylic acid groups (broad SMARTS) is 1. The fourth-order valence-electron chi connectivity index (χ4n) is 0.962. The van der Waals surface area contributed by atoms with E-state index in [2.05, 4.69) is 4.74 Å². The molecule has 0 radical (unpaired) electrons. The molecule has 0 amide bonds. The minimum atomic E-state index is -1.52. The molecule has 0 saturated heterocycles. The molecule has 0 unspecified atom stereocenters. The second-order valence-corrected chi connectivity index (χ2v) is 4.69. The Morgan fingerprint density at radius 3 is 2.54 bits per heavy atom. The summed E-state index contributed by atoms with van der Waals surface area (Å²) in [5, 5.41) is 10.2. The zero-order valence-corrected chi connectivity index (χ0v) is 8.26. The molecule has 0 aliphatic heterocycles. The largest absolute Gasteiger partial charge is 0.509 e. The standard InChI is InChI=1S/C9H10O3S/c1-13(2)8-6-4-3-5-7(8)12-9(10)11/h3-6H,1-2H3. The van der Waals surface area contributed by atoms with E-state index in [0.29, 0.717) is 5.75 Å². The summed E-state index contributed by atoms with van der Waals surface area (Å²) in [6, 6.07) is 7.05. The first kappa shape index (κ1) is 9.92. The Hall–Kier alpha value is -1.16. The molecular weight excluding hydrogens is 188 g/mol. The van der Waals surface area contributed by atoms with E-state index < -0.39 is 6.16 Å². The highest BCUT2D eigenvalue weighted by Gasteiger charge is 2.12. The molecule has 0 aliphatic carbocycles. The van der Waals surface area contributed by atoms with Crippen LogP contribution in [0, 0.1) is 0 Å². The van der Waals surface area contributed by atoms with Crippen LogP contribution in [0.2, 0.25) is 0 Å². The maximum Gasteiger partial charge on any atom is 0.257 e. The average Bonchev–Trinajstić information content (AvgIpc) is 2.03. The summed E-state index contributed by atoms with van der Waals surface area (Å²) in [6.07, 6.45) is 2.48. The minimum absolute atomic E-state index is 0.0230. The van der Waals surface area contributed by atoms with Crippen LogP contribution in [0.4, 0.5) is 4.79 Å².